The van der Waals surface area contributed by atoms with Gasteiger partial charge in [-0.25, -0.2) is 9.97 Å². The van der Waals surface area contributed by atoms with E-state index in [0.29, 0.717) is 5.82 Å². The fourth-order valence-electron chi connectivity index (χ4n) is 4.50. The van der Waals surface area contributed by atoms with E-state index in [9.17, 15) is 0 Å². The molecule has 0 aliphatic heterocycles. The summed E-state index contributed by atoms with van der Waals surface area (Å²) in [5.74, 6) is 1.67. The van der Waals surface area contributed by atoms with Crippen molar-refractivity contribution in [2.45, 2.75) is 32.7 Å². The number of benzene rings is 1. The van der Waals surface area contributed by atoms with Gasteiger partial charge in [0.2, 0.25) is 5.82 Å². The molecular formula is C26H24N8. The van der Waals surface area contributed by atoms with Crippen LogP contribution >= 0.6 is 0 Å². The first-order chi connectivity index (χ1) is 16.8. The maximum Gasteiger partial charge on any atom is 0.221 e. The van der Waals surface area contributed by atoms with Crippen molar-refractivity contribution in [3.05, 3.63) is 84.4 Å². The van der Waals surface area contributed by atoms with Crippen LogP contribution in [0.3, 0.4) is 0 Å². The number of hydrogen-bond acceptors (Lipinski definition) is 5. The van der Waals surface area contributed by atoms with E-state index >= 15 is 0 Å². The first-order valence-corrected chi connectivity index (χ1v) is 11.5. The number of fused-ring (bicyclic) bond motifs is 2. The molecule has 168 valence electrons. The number of aromatic amines is 1. The van der Waals surface area contributed by atoms with E-state index in [-0.39, 0.29) is 0 Å². The molecule has 0 bridgehead atoms. The van der Waals surface area contributed by atoms with Gasteiger partial charge in [-0.1, -0.05) is 43.7 Å². The minimum Gasteiger partial charge on any atom is -0.313 e. The normalized spacial score (nSPS) is 11.6. The first kappa shape index (κ1) is 20.3. The zero-order valence-electron chi connectivity index (χ0n) is 18.9. The number of imidazole rings is 1. The molecule has 0 aliphatic rings. The predicted molar refractivity (Wildman–Crippen MR) is 131 cm³/mol. The molecule has 5 aromatic heterocycles. The molecule has 6 aromatic rings. The molecule has 0 atom stereocenters. The van der Waals surface area contributed by atoms with Crippen LogP contribution in [-0.2, 0) is 13.0 Å². The van der Waals surface area contributed by atoms with Crippen LogP contribution in [0, 0.1) is 0 Å². The van der Waals surface area contributed by atoms with Crippen molar-refractivity contribution >= 4 is 16.7 Å². The Morgan fingerprint density at radius 3 is 2.74 bits per heavy atom. The number of aromatic nitrogens is 8. The quantitative estimate of drug-likeness (QED) is 0.374. The molecule has 0 spiro atoms. The Balaban J connectivity index is 1.37. The summed E-state index contributed by atoms with van der Waals surface area (Å²) >= 11 is 0. The van der Waals surface area contributed by atoms with Gasteiger partial charge in [0.1, 0.15) is 17.0 Å². The highest BCUT2D eigenvalue weighted by atomic mass is 15.5. The Bertz CT molecular complexity index is 1560. The Labute approximate surface area is 196 Å². The molecule has 0 aliphatic carbocycles. The highest BCUT2D eigenvalue weighted by Gasteiger charge is 2.17. The van der Waals surface area contributed by atoms with Crippen molar-refractivity contribution in [1.82, 2.24) is 39.6 Å². The Hall–Kier alpha value is -4.33. The van der Waals surface area contributed by atoms with Gasteiger partial charge in [0.05, 0.1) is 6.54 Å². The van der Waals surface area contributed by atoms with Crippen LogP contribution < -0.4 is 0 Å². The highest BCUT2D eigenvalue weighted by Crippen LogP contribution is 2.33. The van der Waals surface area contributed by atoms with Crippen LogP contribution in [0.25, 0.3) is 39.3 Å². The van der Waals surface area contributed by atoms with Crippen molar-refractivity contribution in [2.75, 3.05) is 0 Å². The number of unbranched alkanes of at least 4 members (excludes halogenated alkanes) is 1. The van der Waals surface area contributed by atoms with E-state index in [2.05, 4.69) is 77.9 Å². The summed E-state index contributed by atoms with van der Waals surface area (Å²) in [6, 6.07) is 20.9. The number of H-pyrrole nitrogens is 1. The fraction of sp³-hybridized carbons (Fsp3) is 0.192. The Kier molecular flexibility index (Phi) is 5.10. The average Bonchev–Trinajstić information content (AvgIpc) is 3.61. The summed E-state index contributed by atoms with van der Waals surface area (Å²) in [7, 11) is 0. The lowest BCUT2D eigenvalue weighted by atomic mass is 10.0. The maximum atomic E-state index is 4.85. The number of nitrogens with zero attached hydrogens (tertiary/aromatic N) is 7. The van der Waals surface area contributed by atoms with E-state index in [0.717, 1.165) is 65.1 Å². The molecule has 0 saturated heterocycles. The molecule has 0 unspecified atom stereocenters. The van der Waals surface area contributed by atoms with Gasteiger partial charge >= 0.3 is 0 Å². The zero-order chi connectivity index (χ0) is 22.9. The molecule has 8 nitrogen and oxygen atoms in total. The first-order valence-electron chi connectivity index (χ1n) is 11.5. The van der Waals surface area contributed by atoms with Crippen molar-refractivity contribution in [3.63, 3.8) is 0 Å². The number of tetrazole rings is 1. The molecule has 1 N–H and O–H groups in total. The largest absolute Gasteiger partial charge is 0.313 e. The van der Waals surface area contributed by atoms with E-state index in [1.807, 2.05) is 36.7 Å². The van der Waals surface area contributed by atoms with Crippen LogP contribution in [0.2, 0.25) is 0 Å². The molecule has 0 amide bonds. The smallest absolute Gasteiger partial charge is 0.221 e. The number of rotatable bonds is 7. The van der Waals surface area contributed by atoms with Crippen LogP contribution in [0.5, 0.6) is 0 Å². The molecule has 6 rings (SSSR count). The molecule has 5 heterocycles. The standard InChI is InChI=1S/C26H24N8/c1-2-3-9-23-28-22-8-6-14-27-26(22)34(23)17-18-10-12-19(13-11-18)21-16-20-7-4-5-15-33(20)24(21)25-29-31-32-30-25/h4-8,10-16H,2-3,9,17H2,1H3,(H,29,30,31,32). The Morgan fingerprint density at radius 2 is 1.91 bits per heavy atom. The molecule has 1 aromatic carbocycles. The van der Waals surface area contributed by atoms with Crippen molar-refractivity contribution < 1.29 is 0 Å². The number of hydrogen-bond donors (Lipinski definition) is 1. The van der Waals surface area contributed by atoms with Gasteiger partial charge in [-0.05, 0) is 53.1 Å². The van der Waals surface area contributed by atoms with E-state index < -0.39 is 0 Å². The van der Waals surface area contributed by atoms with Crippen molar-refractivity contribution in [2.24, 2.45) is 0 Å². The lowest BCUT2D eigenvalue weighted by molar-refractivity contribution is 0.686. The van der Waals surface area contributed by atoms with Gasteiger partial charge in [0.25, 0.3) is 0 Å². The molecular weight excluding hydrogens is 424 g/mol. The summed E-state index contributed by atoms with van der Waals surface area (Å²) in [6.45, 7) is 2.94. The van der Waals surface area contributed by atoms with E-state index in [4.69, 9.17) is 4.98 Å². The molecule has 0 saturated carbocycles. The molecule has 34 heavy (non-hydrogen) atoms. The fourth-order valence-corrected chi connectivity index (χ4v) is 4.50. The zero-order valence-corrected chi connectivity index (χ0v) is 18.9. The van der Waals surface area contributed by atoms with Crippen LogP contribution in [-0.4, -0.2) is 39.6 Å². The molecule has 0 fully saturated rings. The molecule has 8 heteroatoms. The second kappa shape index (κ2) is 8.55. The monoisotopic (exact) mass is 448 g/mol. The summed E-state index contributed by atoms with van der Waals surface area (Å²) in [6.07, 6.45) is 7.07. The minimum absolute atomic E-state index is 0.571. The van der Waals surface area contributed by atoms with Crippen molar-refractivity contribution in [3.8, 4) is 22.6 Å². The average molecular weight is 449 g/mol. The molecule has 0 radical (unpaired) electrons. The predicted octanol–water partition coefficient (Wildman–Crippen LogP) is 4.92. The van der Waals surface area contributed by atoms with Crippen LogP contribution in [0.15, 0.2) is 73.1 Å². The highest BCUT2D eigenvalue weighted by molar-refractivity contribution is 5.84. The SMILES string of the molecule is CCCCc1nc2cccnc2n1Cc1ccc(-c2cc3ccccn3c2-c2nn[nH]n2)cc1. The van der Waals surface area contributed by atoms with E-state index in [1.165, 1.54) is 5.56 Å². The van der Waals surface area contributed by atoms with Gasteiger partial charge in [0.15, 0.2) is 5.65 Å². The third kappa shape index (κ3) is 3.53. The summed E-state index contributed by atoms with van der Waals surface area (Å²) in [5.41, 5.74) is 7.27. The van der Waals surface area contributed by atoms with Crippen molar-refractivity contribution in [1.29, 1.82) is 0 Å². The van der Waals surface area contributed by atoms with E-state index in [1.54, 1.807) is 0 Å². The lowest BCUT2D eigenvalue weighted by Crippen LogP contribution is -2.06. The van der Waals surface area contributed by atoms with Crippen LogP contribution in [0.1, 0.15) is 31.2 Å². The number of aryl methyl sites for hydroxylation is 1. The van der Waals surface area contributed by atoms with Gasteiger partial charge in [-0.3, -0.25) is 0 Å². The lowest BCUT2D eigenvalue weighted by Gasteiger charge is -2.10. The second-order valence-corrected chi connectivity index (χ2v) is 8.40. The van der Waals surface area contributed by atoms with Gasteiger partial charge in [-0.2, -0.15) is 5.21 Å². The topological polar surface area (TPSA) is 89.6 Å². The number of nitrogens with one attached hydrogen (secondary N) is 1. The van der Waals surface area contributed by atoms with Gasteiger partial charge in [-0.15, -0.1) is 10.2 Å². The third-order valence-electron chi connectivity index (χ3n) is 6.18. The number of pyridine rings is 2. The minimum atomic E-state index is 0.571. The maximum absolute atomic E-state index is 4.85. The Morgan fingerprint density at radius 1 is 1.00 bits per heavy atom. The summed E-state index contributed by atoms with van der Waals surface area (Å²) in [5, 5.41) is 14.8. The summed E-state index contributed by atoms with van der Waals surface area (Å²) < 4.78 is 4.34. The third-order valence-corrected chi connectivity index (χ3v) is 6.18. The van der Waals surface area contributed by atoms with Gasteiger partial charge < -0.3 is 8.97 Å². The summed E-state index contributed by atoms with van der Waals surface area (Å²) in [4.78, 5) is 9.46. The van der Waals surface area contributed by atoms with Gasteiger partial charge in [0, 0.05) is 29.9 Å². The van der Waals surface area contributed by atoms with Crippen LogP contribution in [0.4, 0.5) is 0 Å². The second-order valence-electron chi connectivity index (χ2n) is 8.40.